The van der Waals surface area contributed by atoms with E-state index in [2.05, 4.69) is 36.5 Å². The number of benzene rings is 2. The molecule has 2 aromatic rings. The van der Waals surface area contributed by atoms with Crippen molar-refractivity contribution >= 4 is 11.8 Å². The second kappa shape index (κ2) is 8.08. The van der Waals surface area contributed by atoms with Crippen LogP contribution < -0.4 is 5.32 Å². The summed E-state index contributed by atoms with van der Waals surface area (Å²) >= 11 is 1.84. The smallest absolute Gasteiger partial charge is 0.126 e. The molecular formula is C17H20FNS. The van der Waals surface area contributed by atoms with E-state index >= 15 is 0 Å². The molecule has 2 rings (SSSR count). The second-order valence-electron chi connectivity index (χ2n) is 4.81. The van der Waals surface area contributed by atoms with Gasteiger partial charge >= 0.3 is 0 Å². The van der Waals surface area contributed by atoms with E-state index in [0.29, 0.717) is 0 Å². The van der Waals surface area contributed by atoms with Crippen molar-refractivity contribution in [1.82, 2.24) is 5.32 Å². The predicted molar refractivity (Wildman–Crippen MR) is 84.7 cm³/mol. The molecule has 1 atom stereocenters. The van der Waals surface area contributed by atoms with Crippen LogP contribution in [0.2, 0.25) is 0 Å². The third-order valence-electron chi connectivity index (χ3n) is 3.09. The van der Waals surface area contributed by atoms with Gasteiger partial charge in [-0.1, -0.05) is 36.4 Å². The highest BCUT2D eigenvalue weighted by molar-refractivity contribution is 7.99. The van der Waals surface area contributed by atoms with Crippen LogP contribution in [-0.2, 0) is 6.42 Å². The number of thioether (sulfide) groups is 1. The maximum atomic E-state index is 13.5. The third kappa shape index (κ3) is 4.99. The maximum Gasteiger partial charge on any atom is 0.126 e. The molecule has 1 N–H and O–H groups in total. The van der Waals surface area contributed by atoms with Gasteiger partial charge in [0.2, 0.25) is 0 Å². The molecule has 106 valence electrons. The van der Waals surface area contributed by atoms with Gasteiger partial charge in [0, 0.05) is 23.2 Å². The van der Waals surface area contributed by atoms with E-state index in [1.54, 1.807) is 6.07 Å². The van der Waals surface area contributed by atoms with Gasteiger partial charge in [-0.05, 0) is 37.1 Å². The molecule has 3 heteroatoms. The summed E-state index contributed by atoms with van der Waals surface area (Å²) in [5.41, 5.74) is 0.781. The predicted octanol–water partition coefficient (Wildman–Crippen LogP) is 4.14. The number of rotatable bonds is 7. The maximum absolute atomic E-state index is 13.5. The lowest BCUT2D eigenvalue weighted by atomic mass is 10.1. The van der Waals surface area contributed by atoms with Gasteiger partial charge in [0.25, 0.3) is 0 Å². The minimum atomic E-state index is -0.111. The van der Waals surface area contributed by atoms with Crippen molar-refractivity contribution in [2.24, 2.45) is 0 Å². The average molecular weight is 289 g/mol. The van der Waals surface area contributed by atoms with Crippen molar-refractivity contribution in [1.29, 1.82) is 0 Å². The van der Waals surface area contributed by atoms with E-state index < -0.39 is 0 Å². The topological polar surface area (TPSA) is 12.0 Å². The molecule has 0 saturated heterocycles. The van der Waals surface area contributed by atoms with Crippen LogP contribution in [0.1, 0.15) is 12.5 Å². The normalized spacial score (nSPS) is 12.3. The summed E-state index contributed by atoms with van der Waals surface area (Å²) in [6.45, 7) is 3.02. The van der Waals surface area contributed by atoms with Crippen LogP contribution in [-0.4, -0.2) is 18.3 Å². The fraction of sp³-hybridized carbons (Fsp3) is 0.294. The number of hydrogen-bond acceptors (Lipinski definition) is 2. The van der Waals surface area contributed by atoms with Gasteiger partial charge in [0.05, 0.1) is 0 Å². The first-order valence-electron chi connectivity index (χ1n) is 6.90. The molecule has 0 saturated carbocycles. The lowest BCUT2D eigenvalue weighted by Crippen LogP contribution is -2.30. The summed E-state index contributed by atoms with van der Waals surface area (Å²) in [6.07, 6.45) is 0.725. The van der Waals surface area contributed by atoms with Gasteiger partial charge in [-0.3, -0.25) is 0 Å². The molecule has 0 aliphatic heterocycles. The number of halogens is 1. The Morgan fingerprint density at radius 2 is 1.75 bits per heavy atom. The Morgan fingerprint density at radius 3 is 2.50 bits per heavy atom. The van der Waals surface area contributed by atoms with Crippen molar-refractivity contribution in [2.45, 2.75) is 24.3 Å². The Morgan fingerprint density at radius 1 is 1.05 bits per heavy atom. The van der Waals surface area contributed by atoms with Crippen molar-refractivity contribution in [3.8, 4) is 0 Å². The molecule has 1 nitrogen and oxygen atoms in total. The van der Waals surface area contributed by atoms with Crippen LogP contribution in [0.25, 0.3) is 0 Å². The Kier molecular flexibility index (Phi) is 6.09. The average Bonchev–Trinajstić information content (AvgIpc) is 2.47. The second-order valence-corrected chi connectivity index (χ2v) is 5.98. The molecule has 0 radical (unpaired) electrons. The highest BCUT2D eigenvalue weighted by Crippen LogP contribution is 2.16. The largest absolute Gasteiger partial charge is 0.313 e. The summed E-state index contributed by atoms with van der Waals surface area (Å²) in [5.74, 6) is 0.908. The summed E-state index contributed by atoms with van der Waals surface area (Å²) in [5, 5.41) is 3.44. The fourth-order valence-electron chi connectivity index (χ4n) is 2.06. The molecule has 0 bridgehead atoms. The van der Waals surface area contributed by atoms with Gasteiger partial charge in [0.15, 0.2) is 0 Å². The third-order valence-corrected chi connectivity index (χ3v) is 4.10. The molecule has 0 spiro atoms. The first-order valence-corrected chi connectivity index (χ1v) is 7.89. The monoisotopic (exact) mass is 289 g/mol. The minimum Gasteiger partial charge on any atom is -0.313 e. The van der Waals surface area contributed by atoms with Crippen molar-refractivity contribution in [2.75, 3.05) is 12.3 Å². The highest BCUT2D eigenvalue weighted by atomic mass is 32.2. The molecule has 0 heterocycles. The van der Waals surface area contributed by atoms with Crippen LogP contribution >= 0.6 is 11.8 Å². The summed E-state index contributed by atoms with van der Waals surface area (Å²) < 4.78 is 13.5. The van der Waals surface area contributed by atoms with E-state index in [1.165, 1.54) is 11.0 Å². The van der Waals surface area contributed by atoms with E-state index in [0.717, 1.165) is 24.3 Å². The van der Waals surface area contributed by atoms with Crippen LogP contribution in [0.15, 0.2) is 59.5 Å². The van der Waals surface area contributed by atoms with E-state index in [9.17, 15) is 4.39 Å². The standard InChI is InChI=1S/C17H20FNS/c1-14(13-15-7-5-6-10-17(15)18)19-11-12-20-16-8-3-2-4-9-16/h2-10,14,19H,11-13H2,1H3. The molecule has 20 heavy (non-hydrogen) atoms. The highest BCUT2D eigenvalue weighted by Gasteiger charge is 2.06. The zero-order valence-corrected chi connectivity index (χ0v) is 12.5. The van der Waals surface area contributed by atoms with E-state index in [1.807, 2.05) is 30.0 Å². The van der Waals surface area contributed by atoms with Gasteiger partial charge in [-0.25, -0.2) is 4.39 Å². The molecule has 0 aliphatic rings. The Labute approximate surface area is 124 Å². The molecule has 0 aliphatic carbocycles. The Balaban J connectivity index is 1.68. The van der Waals surface area contributed by atoms with Crippen LogP contribution in [0, 0.1) is 5.82 Å². The summed E-state index contributed by atoms with van der Waals surface area (Å²) in [7, 11) is 0. The van der Waals surface area contributed by atoms with Crippen molar-refractivity contribution in [3.63, 3.8) is 0 Å². The Hall–Kier alpha value is -1.32. The van der Waals surface area contributed by atoms with Crippen molar-refractivity contribution < 1.29 is 4.39 Å². The zero-order valence-electron chi connectivity index (χ0n) is 11.7. The summed E-state index contributed by atoms with van der Waals surface area (Å²) in [4.78, 5) is 1.29. The quantitative estimate of drug-likeness (QED) is 0.607. The molecule has 1 unspecified atom stereocenters. The molecular weight excluding hydrogens is 269 g/mol. The SMILES string of the molecule is CC(Cc1ccccc1F)NCCSc1ccccc1. The molecule has 2 aromatic carbocycles. The fourth-order valence-corrected chi connectivity index (χ4v) is 2.86. The van der Waals surface area contributed by atoms with Crippen LogP contribution in [0.4, 0.5) is 4.39 Å². The van der Waals surface area contributed by atoms with Gasteiger partial charge in [-0.2, -0.15) is 0 Å². The Bertz CT molecular complexity index is 515. The number of hydrogen-bond donors (Lipinski definition) is 1. The minimum absolute atomic E-state index is 0.111. The van der Waals surface area contributed by atoms with Gasteiger partial charge in [-0.15, -0.1) is 11.8 Å². The van der Waals surface area contributed by atoms with E-state index in [4.69, 9.17) is 0 Å². The lowest BCUT2D eigenvalue weighted by molar-refractivity contribution is 0.541. The summed E-state index contributed by atoms with van der Waals surface area (Å²) in [6, 6.07) is 17.6. The lowest BCUT2D eigenvalue weighted by Gasteiger charge is -2.14. The first kappa shape index (κ1) is 15.1. The first-order chi connectivity index (χ1) is 9.75. The van der Waals surface area contributed by atoms with Crippen LogP contribution in [0.5, 0.6) is 0 Å². The van der Waals surface area contributed by atoms with Gasteiger partial charge < -0.3 is 5.32 Å². The molecule has 0 aromatic heterocycles. The molecule has 0 fully saturated rings. The number of nitrogens with one attached hydrogen (secondary N) is 1. The molecule has 0 amide bonds. The van der Waals surface area contributed by atoms with Crippen LogP contribution in [0.3, 0.4) is 0 Å². The zero-order chi connectivity index (χ0) is 14.2. The van der Waals surface area contributed by atoms with Crippen molar-refractivity contribution in [3.05, 3.63) is 66.0 Å². The van der Waals surface area contributed by atoms with Gasteiger partial charge in [0.1, 0.15) is 5.82 Å². The van der Waals surface area contributed by atoms with E-state index in [-0.39, 0.29) is 11.9 Å².